The standard InChI is InChI=1S/C22H16N4O2/c27-21-16-9-4-5-10-17(16)22(28)25(21)14-12-19-24-18-11-6-13-23-20(18)26(19)15-7-2-1-3-8-15/h1-11,13H,12,14H2. The third-order valence-electron chi connectivity index (χ3n) is 4.94. The minimum absolute atomic E-state index is 0.249. The van der Waals surface area contributed by atoms with Crippen LogP contribution < -0.4 is 0 Å². The molecule has 0 unspecified atom stereocenters. The van der Waals surface area contributed by atoms with E-state index in [1.165, 1.54) is 4.90 Å². The van der Waals surface area contributed by atoms with Gasteiger partial charge in [-0.2, -0.15) is 0 Å². The molecular formula is C22H16N4O2. The molecular weight excluding hydrogens is 352 g/mol. The van der Waals surface area contributed by atoms with Gasteiger partial charge in [-0.1, -0.05) is 30.3 Å². The van der Waals surface area contributed by atoms with Crippen molar-refractivity contribution in [2.75, 3.05) is 6.54 Å². The maximum atomic E-state index is 12.6. The summed E-state index contributed by atoms with van der Waals surface area (Å²) < 4.78 is 1.98. The van der Waals surface area contributed by atoms with Gasteiger partial charge in [-0.05, 0) is 36.4 Å². The Morgan fingerprint density at radius 2 is 1.46 bits per heavy atom. The van der Waals surface area contributed by atoms with Gasteiger partial charge < -0.3 is 0 Å². The summed E-state index contributed by atoms with van der Waals surface area (Å²) in [5.41, 5.74) is 3.41. The number of rotatable bonds is 4. The highest BCUT2D eigenvalue weighted by Gasteiger charge is 2.35. The number of hydrogen-bond acceptors (Lipinski definition) is 4. The SMILES string of the molecule is O=C1c2ccccc2C(=O)N1CCc1nc2cccnc2n1-c1ccccc1. The zero-order chi connectivity index (χ0) is 19.1. The lowest BCUT2D eigenvalue weighted by Gasteiger charge is -2.14. The van der Waals surface area contributed by atoms with Crippen LogP contribution in [0.15, 0.2) is 72.9 Å². The Balaban J connectivity index is 1.50. The number of hydrogen-bond donors (Lipinski definition) is 0. The monoisotopic (exact) mass is 368 g/mol. The number of carbonyl (C=O) groups is 2. The van der Waals surface area contributed by atoms with Gasteiger partial charge in [0.25, 0.3) is 11.8 Å². The van der Waals surface area contributed by atoms with E-state index in [-0.39, 0.29) is 18.4 Å². The Morgan fingerprint density at radius 3 is 2.18 bits per heavy atom. The van der Waals surface area contributed by atoms with Crippen LogP contribution in [-0.4, -0.2) is 37.8 Å². The van der Waals surface area contributed by atoms with Crippen molar-refractivity contribution in [3.05, 3.63) is 89.9 Å². The summed E-state index contributed by atoms with van der Waals surface area (Å²) in [6, 6.07) is 20.5. The first-order chi connectivity index (χ1) is 13.7. The van der Waals surface area contributed by atoms with Crippen molar-refractivity contribution < 1.29 is 9.59 Å². The van der Waals surface area contributed by atoms with Gasteiger partial charge in [0, 0.05) is 24.8 Å². The van der Waals surface area contributed by atoms with Crippen LogP contribution in [0.4, 0.5) is 0 Å². The first kappa shape index (κ1) is 16.4. The lowest BCUT2D eigenvalue weighted by atomic mass is 10.1. The normalized spacial score (nSPS) is 13.4. The quantitative estimate of drug-likeness (QED) is 0.519. The molecule has 1 aliphatic heterocycles. The van der Waals surface area contributed by atoms with E-state index < -0.39 is 0 Å². The predicted octanol–water partition coefficient (Wildman–Crippen LogP) is 3.26. The van der Waals surface area contributed by atoms with Crippen molar-refractivity contribution in [1.29, 1.82) is 0 Å². The molecule has 0 fully saturated rings. The van der Waals surface area contributed by atoms with Crippen LogP contribution in [0.2, 0.25) is 0 Å². The number of imide groups is 1. The molecule has 2 aromatic carbocycles. The second-order valence-corrected chi connectivity index (χ2v) is 6.60. The highest BCUT2D eigenvalue weighted by Crippen LogP contribution is 2.24. The van der Waals surface area contributed by atoms with Crippen LogP contribution in [0, 0.1) is 0 Å². The summed E-state index contributed by atoms with van der Waals surface area (Å²) >= 11 is 0. The van der Waals surface area contributed by atoms with E-state index in [9.17, 15) is 9.59 Å². The number of aromatic nitrogens is 3. The Morgan fingerprint density at radius 1 is 0.786 bits per heavy atom. The van der Waals surface area contributed by atoms with Crippen LogP contribution in [0.3, 0.4) is 0 Å². The summed E-state index contributed by atoms with van der Waals surface area (Å²) in [7, 11) is 0. The molecule has 6 nitrogen and oxygen atoms in total. The first-order valence-corrected chi connectivity index (χ1v) is 9.07. The minimum Gasteiger partial charge on any atom is -0.281 e. The molecule has 0 atom stereocenters. The van der Waals surface area contributed by atoms with Crippen LogP contribution in [-0.2, 0) is 6.42 Å². The molecule has 0 spiro atoms. The fourth-order valence-corrected chi connectivity index (χ4v) is 3.63. The number of fused-ring (bicyclic) bond motifs is 2. The van der Waals surface area contributed by atoms with E-state index in [1.54, 1.807) is 30.5 Å². The topological polar surface area (TPSA) is 68.1 Å². The highest BCUT2D eigenvalue weighted by atomic mass is 16.2. The Bertz CT molecular complexity index is 1180. The third-order valence-corrected chi connectivity index (χ3v) is 4.94. The molecule has 0 radical (unpaired) electrons. The number of imidazole rings is 1. The van der Waals surface area contributed by atoms with Crippen molar-refractivity contribution >= 4 is 23.0 Å². The average molecular weight is 368 g/mol. The average Bonchev–Trinajstić information content (AvgIpc) is 3.23. The van der Waals surface area contributed by atoms with Crippen molar-refractivity contribution in [3.63, 3.8) is 0 Å². The van der Waals surface area contributed by atoms with E-state index in [0.29, 0.717) is 17.5 Å². The molecule has 6 heteroatoms. The lowest BCUT2D eigenvalue weighted by Crippen LogP contribution is -2.32. The fourth-order valence-electron chi connectivity index (χ4n) is 3.63. The number of benzene rings is 2. The van der Waals surface area contributed by atoms with Crippen molar-refractivity contribution in [1.82, 2.24) is 19.4 Å². The third kappa shape index (κ3) is 2.50. The molecule has 0 saturated heterocycles. The van der Waals surface area contributed by atoms with Gasteiger partial charge in [0.05, 0.1) is 11.1 Å². The summed E-state index contributed by atoms with van der Waals surface area (Å²) in [5.74, 6) is 0.263. The van der Waals surface area contributed by atoms with Gasteiger partial charge in [0.2, 0.25) is 0 Å². The largest absolute Gasteiger partial charge is 0.281 e. The van der Waals surface area contributed by atoms with E-state index in [0.717, 1.165) is 22.7 Å². The molecule has 2 aromatic heterocycles. The molecule has 4 aromatic rings. The van der Waals surface area contributed by atoms with Gasteiger partial charge in [-0.25, -0.2) is 9.97 Å². The van der Waals surface area contributed by atoms with Crippen molar-refractivity contribution in [3.8, 4) is 5.69 Å². The minimum atomic E-state index is -0.249. The molecule has 3 heterocycles. The molecule has 0 bridgehead atoms. The van der Waals surface area contributed by atoms with Gasteiger partial charge >= 0.3 is 0 Å². The number of nitrogens with zero attached hydrogens (tertiary/aromatic N) is 4. The lowest BCUT2D eigenvalue weighted by molar-refractivity contribution is 0.0655. The number of pyridine rings is 1. The number of para-hydroxylation sites is 1. The molecule has 136 valence electrons. The van der Waals surface area contributed by atoms with Crippen LogP contribution >= 0.6 is 0 Å². The smallest absolute Gasteiger partial charge is 0.261 e. The second-order valence-electron chi connectivity index (χ2n) is 6.60. The molecule has 28 heavy (non-hydrogen) atoms. The fraction of sp³-hybridized carbons (Fsp3) is 0.0909. The summed E-state index contributed by atoms with van der Waals surface area (Å²) in [5, 5.41) is 0. The zero-order valence-electron chi connectivity index (χ0n) is 14.9. The highest BCUT2D eigenvalue weighted by molar-refractivity contribution is 6.21. The predicted molar refractivity (Wildman–Crippen MR) is 104 cm³/mol. The van der Waals surface area contributed by atoms with Gasteiger partial charge in [0.15, 0.2) is 5.65 Å². The molecule has 0 saturated carbocycles. The van der Waals surface area contributed by atoms with Crippen LogP contribution in [0.5, 0.6) is 0 Å². The van der Waals surface area contributed by atoms with E-state index in [4.69, 9.17) is 4.98 Å². The Labute approximate surface area is 161 Å². The van der Waals surface area contributed by atoms with E-state index in [1.807, 2.05) is 47.0 Å². The van der Waals surface area contributed by atoms with Crippen LogP contribution in [0.1, 0.15) is 26.5 Å². The molecule has 0 N–H and O–H groups in total. The van der Waals surface area contributed by atoms with Gasteiger partial charge in [-0.15, -0.1) is 0 Å². The van der Waals surface area contributed by atoms with E-state index >= 15 is 0 Å². The first-order valence-electron chi connectivity index (χ1n) is 9.07. The zero-order valence-corrected chi connectivity index (χ0v) is 14.9. The summed E-state index contributed by atoms with van der Waals surface area (Å²) in [6.07, 6.45) is 2.17. The Kier molecular flexibility index (Phi) is 3.76. The molecule has 2 amide bonds. The van der Waals surface area contributed by atoms with E-state index in [2.05, 4.69) is 4.98 Å². The number of amides is 2. The van der Waals surface area contributed by atoms with Crippen molar-refractivity contribution in [2.45, 2.75) is 6.42 Å². The molecule has 0 aliphatic carbocycles. The molecule has 5 rings (SSSR count). The summed E-state index contributed by atoms with van der Waals surface area (Å²) in [4.78, 5) is 35.7. The van der Waals surface area contributed by atoms with Crippen molar-refractivity contribution in [2.24, 2.45) is 0 Å². The second kappa shape index (κ2) is 6.42. The van der Waals surface area contributed by atoms with Gasteiger partial charge in [0.1, 0.15) is 11.3 Å². The van der Waals surface area contributed by atoms with Crippen LogP contribution in [0.25, 0.3) is 16.9 Å². The maximum Gasteiger partial charge on any atom is 0.261 e. The molecule has 1 aliphatic rings. The Hall–Kier alpha value is -3.80. The van der Waals surface area contributed by atoms with Gasteiger partial charge in [-0.3, -0.25) is 19.1 Å². The maximum absolute atomic E-state index is 12.6. The number of carbonyl (C=O) groups excluding carboxylic acids is 2. The summed E-state index contributed by atoms with van der Waals surface area (Å²) in [6.45, 7) is 0.266.